The van der Waals surface area contributed by atoms with Crippen molar-refractivity contribution >= 4 is 35.3 Å². The van der Waals surface area contributed by atoms with E-state index in [2.05, 4.69) is 10.6 Å². The average molecular weight is 498 g/mol. The van der Waals surface area contributed by atoms with Crippen molar-refractivity contribution in [3.8, 4) is 5.75 Å². The van der Waals surface area contributed by atoms with Gasteiger partial charge in [-0.2, -0.15) is 0 Å². The van der Waals surface area contributed by atoms with Gasteiger partial charge in [0.05, 0.1) is 36.0 Å². The van der Waals surface area contributed by atoms with Crippen molar-refractivity contribution < 1.29 is 19.1 Å². The number of fused-ring (bicyclic) bond motifs is 1. The number of benzene rings is 2. The summed E-state index contributed by atoms with van der Waals surface area (Å²) in [4.78, 5) is 43.1. The van der Waals surface area contributed by atoms with E-state index in [9.17, 15) is 14.4 Å². The lowest BCUT2D eigenvalue weighted by Gasteiger charge is -2.50. The first kappa shape index (κ1) is 25.0. The van der Waals surface area contributed by atoms with Crippen molar-refractivity contribution in [3.63, 3.8) is 0 Å². The van der Waals surface area contributed by atoms with Crippen LogP contribution in [-0.2, 0) is 9.59 Å². The molecular formula is C25H31N5O4S. The van der Waals surface area contributed by atoms with E-state index in [1.54, 1.807) is 23.9 Å². The Hall–Kier alpha value is -3.08. The third-order valence-electron chi connectivity index (χ3n) is 6.38. The molecule has 2 heterocycles. The molecule has 2 aromatic carbocycles. The normalized spacial score (nSPS) is 24.2. The van der Waals surface area contributed by atoms with Crippen LogP contribution in [0.4, 0.5) is 10.5 Å². The van der Waals surface area contributed by atoms with Gasteiger partial charge in [0.2, 0.25) is 11.8 Å². The number of hydrogen-bond donors (Lipinski definition) is 2. The van der Waals surface area contributed by atoms with Gasteiger partial charge in [0, 0.05) is 26.8 Å². The van der Waals surface area contributed by atoms with Crippen molar-refractivity contribution in [2.75, 3.05) is 38.4 Å². The second-order valence-corrected chi connectivity index (χ2v) is 9.68. The number of urea groups is 1. The highest BCUT2D eigenvalue weighted by atomic mass is 32.2. The number of nitrogens with zero attached hydrogens (tertiary/aromatic N) is 3. The Balaban J connectivity index is 1.55. The number of hydrogen-bond acceptors (Lipinski definition) is 7. The zero-order valence-electron chi connectivity index (χ0n) is 20.3. The third-order valence-corrected chi connectivity index (χ3v) is 7.59. The summed E-state index contributed by atoms with van der Waals surface area (Å²) in [6, 6.07) is 16.8. The summed E-state index contributed by atoms with van der Waals surface area (Å²) in [6.45, 7) is 2.51. The van der Waals surface area contributed by atoms with Crippen LogP contribution in [-0.4, -0.2) is 72.7 Å². The average Bonchev–Trinajstić information content (AvgIpc) is 2.89. The lowest BCUT2D eigenvalue weighted by atomic mass is 9.96. The molecule has 2 saturated heterocycles. The Labute approximate surface area is 209 Å². The largest absolute Gasteiger partial charge is 0.494 e. The molecule has 4 unspecified atom stereocenters. The number of rotatable bonds is 7. The standard InChI is InChI=1S/C25H31N5O4S/c1-5-34-18-13-11-16(12-14-18)21-26-22-20(24(32)30(4)25(33)29(22)3)23(27-21)35-15-19(31)28(2)17-9-7-6-8-10-17/h6-14,20-23,26-27H,5,15H2,1-4H3. The lowest BCUT2D eigenvalue weighted by Crippen LogP contribution is -2.72. The Morgan fingerprint density at radius 3 is 2.40 bits per heavy atom. The molecule has 10 heteroatoms. The van der Waals surface area contributed by atoms with Crippen molar-refractivity contribution in [1.29, 1.82) is 0 Å². The molecule has 0 aromatic heterocycles. The van der Waals surface area contributed by atoms with Crippen molar-refractivity contribution in [2.45, 2.75) is 24.6 Å². The number of ether oxygens (including phenoxy) is 1. The molecule has 2 aliphatic rings. The second-order valence-electron chi connectivity index (χ2n) is 8.55. The molecule has 2 N–H and O–H groups in total. The highest BCUT2D eigenvalue weighted by Gasteiger charge is 2.51. The van der Waals surface area contributed by atoms with E-state index in [0.717, 1.165) is 21.9 Å². The fourth-order valence-electron chi connectivity index (χ4n) is 4.37. The fourth-order valence-corrected chi connectivity index (χ4v) is 5.59. The van der Waals surface area contributed by atoms with E-state index >= 15 is 0 Å². The Bertz CT molecular complexity index is 1070. The Morgan fingerprint density at radius 1 is 1.06 bits per heavy atom. The topological polar surface area (TPSA) is 94.2 Å². The van der Waals surface area contributed by atoms with E-state index < -0.39 is 17.5 Å². The molecule has 35 heavy (non-hydrogen) atoms. The molecule has 0 bridgehead atoms. The van der Waals surface area contributed by atoms with Gasteiger partial charge < -0.3 is 14.5 Å². The Kier molecular flexibility index (Phi) is 7.63. The Morgan fingerprint density at radius 2 is 1.74 bits per heavy atom. The van der Waals surface area contributed by atoms with Crippen LogP contribution in [0.2, 0.25) is 0 Å². The molecule has 0 radical (unpaired) electrons. The van der Waals surface area contributed by atoms with Crippen molar-refractivity contribution in [1.82, 2.24) is 20.4 Å². The number of amides is 4. The zero-order chi connectivity index (χ0) is 25.1. The van der Waals surface area contributed by atoms with E-state index in [0.29, 0.717) is 6.61 Å². The summed E-state index contributed by atoms with van der Waals surface area (Å²) in [5, 5.41) is 6.52. The number of anilines is 1. The van der Waals surface area contributed by atoms with E-state index in [4.69, 9.17) is 4.74 Å². The number of thioether (sulfide) groups is 1. The zero-order valence-corrected chi connectivity index (χ0v) is 21.1. The van der Waals surface area contributed by atoms with Gasteiger partial charge >= 0.3 is 6.03 Å². The summed E-state index contributed by atoms with van der Waals surface area (Å²) >= 11 is 1.38. The number of nitrogens with one attached hydrogen (secondary N) is 2. The van der Waals surface area contributed by atoms with Crippen LogP contribution in [0.5, 0.6) is 5.75 Å². The number of para-hydroxylation sites is 1. The molecule has 2 aromatic rings. The number of carbonyl (C=O) groups excluding carboxylic acids is 3. The van der Waals surface area contributed by atoms with Crippen LogP contribution in [0, 0.1) is 5.92 Å². The van der Waals surface area contributed by atoms with Gasteiger partial charge in [-0.15, -0.1) is 11.8 Å². The summed E-state index contributed by atoms with van der Waals surface area (Å²) in [7, 11) is 4.92. The van der Waals surface area contributed by atoms with Crippen LogP contribution in [0.3, 0.4) is 0 Å². The summed E-state index contributed by atoms with van der Waals surface area (Å²) in [5.41, 5.74) is 1.75. The van der Waals surface area contributed by atoms with Gasteiger partial charge in [-0.05, 0) is 36.8 Å². The molecule has 0 spiro atoms. The van der Waals surface area contributed by atoms with Crippen LogP contribution in [0.1, 0.15) is 18.7 Å². The first-order valence-electron chi connectivity index (χ1n) is 11.5. The van der Waals surface area contributed by atoms with Crippen LogP contribution in [0.25, 0.3) is 0 Å². The van der Waals surface area contributed by atoms with Crippen LogP contribution >= 0.6 is 11.8 Å². The molecule has 0 saturated carbocycles. The predicted octanol–water partition coefficient (Wildman–Crippen LogP) is 2.47. The smallest absolute Gasteiger partial charge is 0.327 e. The van der Waals surface area contributed by atoms with Gasteiger partial charge in [0.1, 0.15) is 5.75 Å². The molecule has 4 amide bonds. The summed E-state index contributed by atoms with van der Waals surface area (Å²) < 4.78 is 5.55. The molecule has 4 rings (SSSR count). The van der Waals surface area contributed by atoms with Gasteiger partial charge in [-0.1, -0.05) is 30.3 Å². The molecule has 2 aliphatic heterocycles. The van der Waals surface area contributed by atoms with E-state index in [1.807, 2.05) is 61.5 Å². The van der Waals surface area contributed by atoms with Crippen LogP contribution < -0.4 is 20.3 Å². The van der Waals surface area contributed by atoms with E-state index in [-0.39, 0.29) is 29.8 Å². The maximum Gasteiger partial charge on any atom is 0.327 e. The summed E-state index contributed by atoms with van der Waals surface area (Å²) in [5.74, 6) is 0.0479. The van der Waals surface area contributed by atoms with Crippen LogP contribution in [0.15, 0.2) is 54.6 Å². The third kappa shape index (κ3) is 5.14. The minimum Gasteiger partial charge on any atom is -0.494 e. The molecule has 2 fully saturated rings. The SMILES string of the molecule is CCOc1ccc(C2NC(SCC(=O)N(C)c3ccccc3)C3C(=O)N(C)C(=O)N(C)C3N2)cc1. The predicted molar refractivity (Wildman–Crippen MR) is 136 cm³/mol. The van der Waals surface area contributed by atoms with Gasteiger partial charge in [0.25, 0.3) is 0 Å². The molecule has 9 nitrogen and oxygen atoms in total. The van der Waals surface area contributed by atoms with E-state index in [1.165, 1.54) is 18.8 Å². The van der Waals surface area contributed by atoms with Crippen molar-refractivity contribution in [3.05, 3.63) is 60.2 Å². The summed E-state index contributed by atoms with van der Waals surface area (Å²) in [6.07, 6.45) is -0.832. The molecule has 186 valence electrons. The molecule has 4 atom stereocenters. The number of imide groups is 1. The highest BCUT2D eigenvalue weighted by Crippen LogP contribution is 2.35. The highest BCUT2D eigenvalue weighted by molar-refractivity contribution is 8.00. The molecule has 0 aliphatic carbocycles. The van der Waals surface area contributed by atoms with Crippen molar-refractivity contribution in [2.24, 2.45) is 5.92 Å². The lowest BCUT2D eigenvalue weighted by molar-refractivity contribution is -0.140. The fraction of sp³-hybridized carbons (Fsp3) is 0.400. The monoisotopic (exact) mass is 497 g/mol. The minimum absolute atomic E-state index is 0.0725. The quantitative estimate of drug-likeness (QED) is 0.607. The first-order valence-corrected chi connectivity index (χ1v) is 12.6. The minimum atomic E-state index is -0.554. The second kappa shape index (κ2) is 10.7. The van der Waals surface area contributed by atoms with Gasteiger partial charge in [0.15, 0.2) is 0 Å². The maximum atomic E-state index is 13.2. The van der Waals surface area contributed by atoms with Gasteiger partial charge in [-0.3, -0.25) is 25.1 Å². The van der Waals surface area contributed by atoms with Gasteiger partial charge in [-0.25, -0.2) is 4.79 Å². The number of carbonyl (C=O) groups is 3. The molecular weight excluding hydrogens is 466 g/mol. The maximum absolute atomic E-state index is 13.2. The first-order chi connectivity index (χ1) is 16.8.